The SMILES string of the molecule is CCc1cc2cc(CC3C=Cc4cc5c(cc4C3)Cc3cc(C)c(C)c(Cc4ccccc4C)c3-5)ccc2cc1-c1ccc(C)c2c1Cc1ccccc1S2. The summed E-state index contributed by atoms with van der Waals surface area (Å²) in [5.74, 6) is 0.497. The minimum Gasteiger partial charge on any atom is -0.0892 e. The Bertz CT molecular complexity index is 2740. The van der Waals surface area contributed by atoms with Crippen LogP contribution in [0.5, 0.6) is 0 Å². The fourth-order valence-corrected chi connectivity index (χ4v) is 11.0. The second kappa shape index (κ2) is 13.6. The molecule has 7 aromatic carbocycles. The molecular formula is C54H48S. The summed E-state index contributed by atoms with van der Waals surface area (Å²) >= 11 is 1.95. The Labute approximate surface area is 331 Å². The quantitative estimate of drug-likeness (QED) is 0.164. The van der Waals surface area contributed by atoms with E-state index in [0.717, 1.165) is 38.5 Å². The van der Waals surface area contributed by atoms with Gasteiger partial charge in [-0.1, -0.05) is 122 Å². The summed E-state index contributed by atoms with van der Waals surface area (Å²) in [7, 11) is 0. The Morgan fingerprint density at radius 1 is 0.618 bits per heavy atom. The minimum absolute atomic E-state index is 0.497. The average Bonchev–Trinajstić information content (AvgIpc) is 3.54. The fourth-order valence-electron chi connectivity index (χ4n) is 9.85. The third-order valence-electron chi connectivity index (χ3n) is 13.0. The van der Waals surface area contributed by atoms with E-state index in [-0.39, 0.29) is 0 Å². The van der Waals surface area contributed by atoms with Gasteiger partial charge in [-0.25, -0.2) is 0 Å². The summed E-state index contributed by atoms with van der Waals surface area (Å²) in [6.45, 7) is 11.4. The van der Waals surface area contributed by atoms with Crippen molar-refractivity contribution in [2.75, 3.05) is 0 Å². The van der Waals surface area contributed by atoms with Crippen LogP contribution in [0.3, 0.4) is 0 Å². The van der Waals surface area contributed by atoms with Gasteiger partial charge < -0.3 is 0 Å². The third kappa shape index (κ3) is 6.00. The van der Waals surface area contributed by atoms with E-state index < -0.39 is 0 Å². The van der Waals surface area contributed by atoms with Crippen molar-refractivity contribution in [3.8, 4) is 22.3 Å². The first kappa shape index (κ1) is 34.4. The molecule has 1 aliphatic heterocycles. The topological polar surface area (TPSA) is 0 Å². The lowest BCUT2D eigenvalue weighted by atomic mass is 9.82. The van der Waals surface area contributed by atoms with Gasteiger partial charge in [0, 0.05) is 16.2 Å². The van der Waals surface area contributed by atoms with Crippen molar-refractivity contribution in [3.05, 3.63) is 193 Å². The van der Waals surface area contributed by atoms with Gasteiger partial charge in [-0.15, -0.1) is 0 Å². The second-order valence-electron chi connectivity index (χ2n) is 16.5. The van der Waals surface area contributed by atoms with Gasteiger partial charge >= 0.3 is 0 Å². The smallest absolute Gasteiger partial charge is 0.0193 e. The molecule has 2 aliphatic carbocycles. The van der Waals surface area contributed by atoms with Gasteiger partial charge in [0.25, 0.3) is 0 Å². The van der Waals surface area contributed by atoms with Crippen molar-refractivity contribution >= 4 is 28.6 Å². The standard InChI is InChI=1S/C54H48S/c1-6-38-25-43-23-36(16-18-40(43)29-49(38)47-20-15-33(3)54-51(47)31-42-13-9-10-14-52(42)55-54)22-37-17-19-41-30-50-45(26-44(41)24-37)27-46-21-34(4)35(5)48(53(46)50)28-39-12-8-7-11-32(39)2/h7-21,23,25-26,29-30,37H,6,22,24,27-28,31H2,1-5H3. The molecule has 0 nitrogen and oxygen atoms in total. The van der Waals surface area contributed by atoms with Crippen LogP contribution in [0.15, 0.2) is 125 Å². The Kier molecular flexibility index (Phi) is 8.49. The first-order chi connectivity index (χ1) is 26.8. The van der Waals surface area contributed by atoms with E-state index in [1.807, 2.05) is 11.8 Å². The predicted molar refractivity (Wildman–Crippen MR) is 235 cm³/mol. The predicted octanol–water partition coefficient (Wildman–Crippen LogP) is 13.9. The molecule has 1 heterocycles. The van der Waals surface area contributed by atoms with Crippen LogP contribution in [0.25, 0.3) is 39.1 Å². The van der Waals surface area contributed by atoms with E-state index in [1.54, 1.807) is 0 Å². The highest BCUT2D eigenvalue weighted by atomic mass is 32.2. The first-order valence-electron chi connectivity index (χ1n) is 20.3. The van der Waals surface area contributed by atoms with Crippen molar-refractivity contribution in [2.45, 2.75) is 82.9 Å². The van der Waals surface area contributed by atoms with Crippen LogP contribution in [0.2, 0.25) is 0 Å². The number of hydrogen-bond donors (Lipinski definition) is 0. The van der Waals surface area contributed by atoms with Crippen molar-refractivity contribution in [2.24, 2.45) is 5.92 Å². The maximum atomic E-state index is 2.56. The van der Waals surface area contributed by atoms with E-state index in [1.165, 1.54) is 121 Å². The molecule has 55 heavy (non-hydrogen) atoms. The highest BCUT2D eigenvalue weighted by molar-refractivity contribution is 7.99. The molecule has 270 valence electrons. The van der Waals surface area contributed by atoms with E-state index >= 15 is 0 Å². The zero-order valence-corrected chi connectivity index (χ0v) is 33.6. The highest BCUT2D eigenvalue weighted by Gasteiger charge is 2.27. The normalized spacial score (nSPS) is 15.0. The highest BCUT2D eigenvalue weighted by Crippen LogP contribution is 2.47. The molecule has 0 amide bonds. The Morgan fingerprint density at radius 3 is 2.35 bits per heavy atom. The first-order valence-corrected chi connectivity index (χ1v) is 21.1. The van der Waals surface area contributed by atoms with Gasteiger partial charge in [0.1, 0.15) is 0 Å². The molecule has 0 spiro atoms. The zero-order valence-electron chi connectivity index (χ0n) is 32.8. The lowest BCUT2D eigenvalue weighted by molar-refractivity contribution is 0.639. The van der Waals surface area contributed by atoms with E-state index in [4.69, 9.17) is 0 Å². The Hall–Kier alpha value is -5.11. The molecule has 10 rings (SSSR count). The molecule has 1 unspecified atom stereocenters. The molecule has 0 N–H and O–H groups in total. The van der Waals surface area contributed by atoms with E-state index in [9.17, 15) is 0 Å². The van der Waals surface area contributed by atoms with Crippen molar-refractivity contribution in [1.82, 2.24) is 0 Å². The summed E-state index contributed by atoms with van der Waals surface area (Å²) < 4.78 is 0. The molecule has 3 aliphatic rings. The van der Waals surface area contributed by atoms with Gasteiger partial charge in [-0.2, -0.15) is 0 Å². The Morgan fingerprint density at radius 2 is 1.47 bits per heavy atom. The third-order valence-corrected chi connectivity index (χ3v) is 14.4. The van der Waals surface area contributed by atoms with Crippen LogP contribution in [-0.4, -0.2) is 0 Å². The average molecular weight is 729 g/mol. The van der Waals surface area contributed by atoms with E-state index in [2.05, 4.69) is 156 Å². The van der Waals surface area contributed by atoms with Gasteiger partial charge in [0.05, 0.1) is 0 Å². The van der Waals surface area contributed by atoms with Crippen molar-refractivity contribution in [3.63, 3.8) is 0 Å². The molecule has 0 aromatic heterocycles. The van der Waals surface area contributed by atoms with Crippen LogP contribution in [0, 0.1) is 33.6 Å². The van der Waals surface area contributed by atoms with Crippen LogP contribution < -0.4 is 0 Å². The maximum Gasteiger partial charge on any atom is 0.0193 e. The van der Waals surface area contributed by atoms with Crippen molar-refractivity contribution < 1.29 is 0 Å². The monoisotopic (exact) mass is 728 g/mol. The van der Waals surface area contributed by atoms with E-state index in [0.29, 0.717) is 5.92 Å². The summed E-state index contributed by atoms with van der Waals surface area (Å²) in [6.07, 6.45) is 11.1. The number of fused-ring (bicyclic) bond motifs is 7. The zero-order chi connectivity index (χ0) is 37.4. The number of benzene rings is 7. The lowest BCUT2D eigenvalue weighted by Crippen LogP contribution is -2.10. The van der Waals surface area contributed by atoms with Crippen molar-refractivity contribution in [1.29, 1.82) is 0 Å². The molecule has 1 atom stereocenters. The van der Waals surface area contributed by atoms with Crippen LogP contribution in [0.4, 0.5) is 0 Å². The molecule has 7 aromatic rings. The number of hydrogen-bond acceptors (Lipinski definition) is 1. The van der Waals surface area contributed by atoms with Gasteiger partial charge in [-0.05, 0) is 195 Å². The molecule has 0 fully saturated rings. The summed E-state index contributed by atoms with van der Waals surface area (Å²) in [5.41, 5.74) is 26.0. The fraction of sp³-hybridized carbons (Fsp3) is 0.222. The lowest BCUT2D eigenvalue weighted by Gasteiger charge is -2.25. The molecule has 0 saturated heterocycles. The summed E-state index contributed by atoms with van der Waals surface area (Å²) in [6, 6.07) is 42.3. The largest absolute Gasteiger partial charge is 0.0892 e. The Balaban J connectivity index is 0.925. The maximum absolute atomic E-state index is 2.56. The summed E-state index contributed by atoms with van der Waals surface area (Å²) in [5, 5.41) is 2.70. The molecule has 0 saturated carbocycles. The number of allylic oxidation sites excluding steroid dienone is 1. The van der Waals surface area contributed by atoms with Gasteiger partial charge in [0.2, 0.25) is 0 Å². The molecule has 1 heteroatoms. The minimum atomic E-state index is 0.497. The summed E-state index contributed by atoms with van der Waals surface area (Å²) in [4.78, 5) is 2.84. The number of rotatable bonds is 6. The van der Waals surface area contributed by atoms with Crippen LogP contribution >= 0.6 is 11.8 Å². The van der Waals surface area contributed by atoms with Crippen LogP contribution in [-0.2, 0) is 38.5 Å². The molecular weight excluding hydrogens is 681 g/mol. The van der Waals surface area contributed by atoms with Gasteiger partial charge in [-0.3, -0.25) is 0 Å². The molecule has 0 radical (unpaired) electrons. The molecule has 0 bridgehead atoms. The van der Waals surface area contributed by atoms with Gasteiger partial charge in [0.15, 0.2) is 0 Å². The van der Waals surface area contributed by atoms with Crippen LogP contribution in [0.1, 0.15) is 84.8 Å². The number of aryl methyl sites for hydroxylation is 4. The second-order valence-corrected chi connectivity index (χ2v) is 17.6.